The Morgan fingerprint density at radius 3 is 2.68 bits per heavy atom. The lowest BCUT2D eigenvalue weighted by Crippen LogP contribution is -2.37. The van der Waals surface area contributed by atoms with Crippen molar-refractivity contribution < 1.29 is 23.1 Å². The minimum absolute atomic E-state index is 0.0144. The Bertz CT molecular complexity index is 1660. The summed E-state index contributed by atoms with van der Waals surface area (Å²) in [5.41, 5.74) is 1.66. The maximum absolute atomic E-state index is 13.2. The molecular weight excluding hydrogens is 500 g/mol. The summed E-state index contributed by atoms with van der Waals surface area (Å²) in [5, 5.41) is 16.1. The maximum Gasteiger partial charge on any atom is 0.404 e. The molecule has 1 saturated heterocycles. The number of amides is 1. The molecule has 192 valence electrons. The molecule has 1 aliphatic heterocycles. The van der Waals surface area contributed by atoms with Gasteiger partial charge in [-0.15, -0.1) is 0 Å². The number of carbonyl (C=O) groups is 1. The molecule has 1 fully saturated rings. The summed E-state index contributed by atoms with van der Waals surface area (Å²) in [5.74, 6) is 0.404. The number of rotatable bonds is 6. The van der Waals surface area contributed by atoms with Crippen molar-refractivity contribution in [1.29, 1.82) is 0 Å². The molecule has 37 heavy (non-hydrogen) atoms. The van der Waals surface area contributed by atoms with E-state index in [1.807, 2.05) is 30.3 Å². The lowest BCUT2D eigenvalue weighted by Gasteiger charge is -2.18. The molecule has 1 aliphatic rings. The van der Waals surface area contributed by atoms with Gasteiger partial charge in [-0.05, 0) is 18.6 Å². The van der Waals surface area contributed by atoms with Crippen molar-refractivity contribution >= 4 is 27.1 Å². The lowest BCUT2D eigenvalue weighted by atomic mass is 10.1. The molecule has 5 rings (SSSR count). The average molecular weight is 525 g/mol. The van der Waals surface area contributed by atoms with E-state index in [1.165, 1.54) is 34.3 Å². The zero-order chi connectivity index (χ0) is 26.3. The molecule has 3 heterocycles. The highest BCUT2D eigenvalue weighted by Gasteiger charge is 2.34. The van der Waals surface area contributed by atoms with Crippen LogP contribution in [-0.2, 0) is 17.1 Å². The minimum atomic E-state index is -3.90. The summed E-state index contributed by atoms with van der Waals surface area (Å²) in [7, 11) is -0.812. The van der Waals surface area contributed by atoms with E-state index in [4.69, 9.17) is 9.84 Å². The quantitative estimate of drug-likeness (QED) is 0.345. The van der Waals surface area contributed by atoms with Crippen molar-refractivity contribution in [2.24, 2.45) is 7.05 Å². The number of methoxy groups -OCH3 is 1. The Morgan fingerprint density at radius 2 is 1.97 bits per heavy atom. The van der Waals surface area contributed by atoms with E-state index >= 15 is 0 Å². The molecule has 4 aromatic rings. The Hall–Kier alpha value is -4.23. The van der Waals surface area contributed by atoms with Crippen LogP contribution in [-0.4, -0.2) is 69.9 Å². The highest BCUT2D eigenvalue weighted by Crippen LogP contribution is 2.33. The SMILES string of the molecule is COc1cc(S(=O)(=O)N2CCC(NC(=O)O)C2)ccc1-c1nc2c(c(-c3ccccc3)nn2C)c(=O)[nH]1. The first-order valence-electron chi connectivity index (χ1n) is 11.4. The Balaban J connectivity index is 1.52. The van der Waals surface area contributed by atoms with E-state index in [2.05, 4.69) is 20.4 Å². The number of carboxylic acid groups (broad SMARTS) is 1. The number of sulfonamides is 1. The standard InChI is InChI=1S/C24H24N6O6S/c1-29-22-19(20(28-29)14-6-4-3-5-7-14)23(31)27-21(26-22)17-9-8-16(12-18(17)36-2)37(34,35)30-11-10-15(13-30)25-24(32)33/h3-9,12,15,25H,10-11,13H2,1-2H3,(H,32,33)(H,26,27,31). The highest BCUT2D eigenvalue weighted by atomic mass is 32.2. The van der Waals surface area contributed by atoms with Crippen LogP contribution in [0, 0.1) is 0 Å². The summed E-state index contributed by atoms with van der Waals surface area (Å²) in [6, 6.07) is 13.1. The molecule has 0 aliphatic carbocycles. The van der Waals surface area contributed by atoms with Gasteiger partial charge in [-0.3, -0.25) is 4.79 Å². The molecule has 0 radical (unpaired) electrons. The normalized spacial score (nSPS) is 16.2. The van der Waals surface area contributed by atoms with Crippen molar-refractivity contribution in [1.82, 2.24) is 29.4 Å². The third kappa shape index (κ3) is 4.42. The number of aromatic nitrogens is 4. The van der Waals surface area contributed by atoms with Crippen LogP contribution in [0.1, 0.15) is 6.42 Å². The largest absolute Gasteiger partial charge is 0.496 e. The van der Waals surface area contributed by atoms with Crippen LogP contribution in [0.15, 0.2) is 58.2 Å². The van der Waals surface area contributed by atoms with Crippen LogP contribution in [0.4, 0.5) is 4.79 Å². The number of hydrogen-bond donors (Lipinski definition) is 3. The van der Waals surface area contributed by atoms with Gasteiger partial charge in [0.1, 0.15) is 22.7 Å². The predicted octanol–water partition coefficient (Wildman–Crippen LogP) is 2.03. The van der Waals surface area contributed by atoms with Crippen molar-refractivity contribution in [2.45, 2.75) is 17.4 Å². The molecule has 1 unspecified atom stereocenters. The summed E-state index contributed by atoms with van der Waals surface area (Å²) in [6.45, 7) is 0.224. The number of benzene rings is 2. The van der Waals surface area contributed by atoms with Gasteiger partial charge in [0, 0.05) is 37.8 Å². The number of ether oxygens (including phenoxy) is 1. The minimum Gasteiger partial charge on any atom is -0.496 e. The predicted molar refractivity (Wildman–Crippen MR) is 135 cm³/mol. The summed E-state index contributed by atoms with van der Waals surface area (Å²) >= 11 is 0. The Morgan fingerprint density at radius 1 is 1.22 bits per heavy atom. The zero-order valence-corrected chi connectivity index (χ0v) is 20.8. The van der Waals surface area contributed by atoms with Gasteiger partial charge in [-0.2, -0.15) is 9.40 Å². The fourth-order valence-electron chi connectivity index (χ4n) is 4.50. The number of aromatic amines is 1. The summed E-state index contributed by atoms with van der Waals surface area (Å²) < 4.78 is 34.6. The number of nitrogens with one attached hydrogen (secondary N) is 2. The molecule has 0 spiro atoms. The topological polar surface area (TPSA) is 160 Å². The number of H-pyrrole nitrogens is 1. The van der Waals surface area contributed by atoms with Gasteiger partial charge in [-0.25, -0.2) is 22.9 Å². The van der Waals surface area contributed by atoms with Crippen LogP contribution < -0.4 is 15.6 Å². The third-order valence-corrected chi connectivity index (χ3v) is 8.15. The van der Waals surface area contributed by atoms with Crippen molar-refractivity contribution in [2.75, 3.05) is 20.2 Å². The van der Waals surface area contributed by atoms with E-state index in [0.29, 0.717) is 28.7 Å². The van der Waals surface area contributed by atoms with Gasteiger partial charge >= 0.3 is 6.09 Å². The van der Waals surface area contributed by atoms with Crippen LogP contribution >= 0.6 is 0 Å². The van der Waals surface area contributed by atoms with Crippen molar-refractivity contribution in [3.05, 3.63) is 58.9 Å². The van der Waals surface area contributed by atoms with Gasteiger partial charge in [-0.1, -0.05) is 30.3 Å². The molecule has 13 heteroatoms. The van der Waals surface area contributed by atoms with Crippen LogP contribution in [0.5, 0.6) is 5.75 Å². The van der Waals surface area contributed by atoms with Crippen LogP contribution in [0.25, 0.3) is 33.7 Å². The first kappa shape index (κ1) is 24.5. The Labute approximate surface area is 211 Å². The smallest absolute Gasteiger partial charge is 0.404 e. The highest BCUT2D eigenvalue weighted by molar-refractivity contribution is 7.89. The van der Waals surface area contributed by atoms with E-state index in [-0.39, 0.29) is 35.1 Å². The molecule has 12 nitrogen and oxygen atoms in total. The second-order valence-electron chi connectivity index (χ2n) is 8.61. The summed E-state index contributed by atoms with van der Waals surface area (Å²) in [4.78, 5) is 31.4. The van der Waals surface area contributed by atoms with Gasteiger partial charge in [0.05, 0.1) is 17.6 Å². The molecule has 1 atom stereocenters. The monoisotopic (exact) mass is 524 g/mol. The Kier molecular flexibility index (Phi) is 6.17. The molecule has 2 aromatic heterocycles. The fraction of sp³-hybridized carbons (Fsp3) is 0.250. The van der Waals surface area contributed by atoms with Crippen molar-refractivity contribution in [3.8, 4) is 28.4 Å². The van der Waals surface area contributed by atoms with E-state index < -0.39 is 22.2 Å². The maximum atomic E-state index is 13.2. The van der Waals surface area contributed by atoms with E-state index in [1.54, 1.807) is 7.05 Å². The molecule has 0 bridgehead atoms. The molecule has 3 N–H and O–H groups in total. The first-order valence-corrected chi connectivity index (χ1v) is 12.8. The zero-order valence-electron chi connectivity index (χ0n) is 20.0. The number of nitrogens with zero attached hydrogens (tertiary/aromatic N) is 4. The lowest BCUT2D eigenvalue weighted by molar-refractivity contribution is 0.190. The molecule has 0 saturated carbocycles. The number of fused-ring (bicyclic) bond motifs is 1. The first-order chi connectivity index (χ1) is 17.7. The van der Waals surface area contributed by atoms with Gasteiger partial charge in [0.25, 0.3) is 5.56 Å². The molecular formula is C24H24N6O6S. The van der Waals surface area contributed by atoms with Gasteiger partial charge < -0.3 is 20.1 Å². The van der Waals surface area contributed by atoms with Crippen LogP contribution in [0.3, 0.4) is 0 Å². The molecule has 2 aromatic carbocycles. The second kappa shape index (κ2) is 9.33. The average Bonchev–Trinajstić information content (AvgIpc) is 3.49. The van der Waals surface area contributed by atoms with E-state index in [0.717, 1.165) is 5.56 Å². The molecule has 1 amide bonds. The van der Waals surface area contributed by atoms with Crippen LogP contribution in [0.2, 0.25) is 0 Å². The third-order valence-electron chi connectivity index (χ3n) is 6.29. The van der Waals surface area contributed by atoms with E-state index in [9.17, 15) is 18.0 Å². The van der Waals surface area contributed by atoms with Gasteiger partial charge in [0.15, 0.2) is 5.65 Å². The number of aryl methyl sites for hydroxylation is 1. The fourth-order valence-corrected chi connectivity index (χ4v) is 6.01. The number of hydrogen-bond acceptors (Lipinski definition) is 7. The summed E-state index contributed by atoms with van der Waals surface area (Å²) in [6.07, 6.45) is -0.820. The van der Waals surface area contributed by atoms with Gasteiger partial charge in [0.2, 0.25) is 10.0 Å². The second-order valence-corrected chi connectivity index (χ2v) is 10.5. The van der Waals surface area contributed by atoms with Crippen molar-refractivity contribution in [3.63, 3.8) is 0 Å².